The molecule has 1 unspecified atom stereocenters. The Hall–Kier alpha value is -1.99. The minimum absolute atomic E-state index is 0.0128. The molecule has 1 saturated heterocycles. The molecule has 1 aromatic carbocycles. The highest BCUT2D eigenvalue weighted by Gasteiger charge is 2.34. The summed E-state index contributed by atoms with van der Waals surface area (Å²) in [6.45, 7) is 7.07. The average Bonchev–Trinajstić information content (AvgIpc) is 2.94. The lowest BCUT2D eigenvalue weighted by atomic mass is 10.1. The minimum Gasteiger partial charge on any atom is -0.369 e. The van der Waals surface area contributed by atoms with Crippen molar-refractivity contribution in [2.45, 2.75) is 32.5 Å². The molecule has 2 amide bonds. The van der Waals surface area contributed by atoms with Gasteiger partial charge in [0.1, 0.15) is 0 Å². The van der Waals surface area contributed by atoms with Crippen molar-refractivity contribution < 1.29 is 9.53 Å². The summed E-state index contributed by atoms with van der Waals surface area (Å²) in [6, 6.07) is 9.54. The Morgan fingerprint density at radius 3 is 2.83 bits per heavy atom. The Balaban J connectivity index is 1.68. The zero-order chi connectivity index (χ0) is 16.4. The number of rotatable bonds is 2. The van der Waals surface area contributed by atoms with Crippen LogP contribution in [0.1, 0.15) is 20.8 Å². The molecule has 2 heterocycles. The number of hydrogen-bond acceptors (Lipinski definition) is 5. The maximum Gasteiger partial charge on any atom is 0.323 e. The lowest BCUT2D eigenvalue weighted by Gasteiger charge is -2.41. The van der Waals surface area contributed by atoms with Gasteiger partial charge in [0.2, 0.25) is 5.13 Å². The van der Waals surface area contributed by atoms with Crippen LogP contribution in [0.25, 0.3) is 11.4 Å². The molecule has 7 heteroatoms. The van der Waals surface area contributed by atoms with Crippen molar-refractivity contribution in [1.29, 1.82) is 0 Å². The Morgan fingerprint density at radius 1 is 1.39 bits per heavy atom. The van der Waals surface area contributed by atoms with E-state index in [1.165, 1.54) is 11.5 Å². The summed E-state index contributed by atoms with van der Waals surface area (Å²) in [5.41, 5.74) is 0.594. The Morgan fingerprint density at radius 2 is 2.13 bits per heavy atom. The number of benzene rings is 1. The molecule has 1 fully saturated rings. The van der Waals surface area contributed by atoms with Crippen LogP contribution in [0.4, 0.5) is 9.93 Å². The second-order valence-electron chi connectivity index (χ2n) is 6.29. The number of morpholine rings is 1. The number of aromatic nitrogens is 2. The van der Waals surface area contributed by atoms with Gasteiger partial charge in [0.15, 0.2) is 5.82 Å². The maximum absolute atomic E-state index is 12.4. The van der Waals surface area contributed by atoms with Crippen LogP contribution in [-0.2, 0) is 4.74 Å². The van der Waals surface area contributed by atoms with Crippen molar-refractivity contribution in [3.05, 3.63) is 30.3 Å². The number of carbonyl (C=O) groups is 1. The summed E-state index contributed by atoms with van der Waals surface area (Å²) in [6.07, 6.45) is 0.0128. The smallest absolute Gasteiger partial charge is 0.323 e. The molecule has 6 nitrogen and oxygen atoms in total. The summed E-state index contributed by atoms with van der Waals surface area (Å²) in [7, 11) is 0. The maximum atomic E-state index is 12.4. The molecule has 23 heavy (non-hydrogen) atoms. The number of carbonyl (C=O) groups excluding carboxylic acids is 1. The number of ether oxygens (including phenoxy) is 1. The van der Waals surface area contributed by atoms with Gasteiger partial charge < -0.3 is 9.64 Å². The molecule has 0 radical (unpaired) electrons. The SMILES string of the molecule is CC1CN(C(=O)Nc2nc(-c3ccccc3)ns2)CC(C)(C)O1. The van der Waals surface area contributed by atoms with E-state index in [0.29, 0.717) is 24.0 Å². The van der Waals surface area contributed by atoms with E-state index in [1.807, 2.05) is 51.1 Å². The van der Waals surface area contributed by atoms with Crippen molar-refractivity contribution in [3.8, 4) is 11.4 Å². The first-order chi connectivity index (χ1) is 10.9. The highest BCUT2D eigenvalue weighted by atomic mass is 32.1. The molecule has 0 saturated carbocycles. The second kappa shape index (κ2) is 6.25. The fourth-order valence-electron chi connectivity index (χ4n) is 2.76. The van der Waals surface area contributed by atoms with Crippen LogP contribution in [0.3, 0.4) is 0 Å². The van der Waals surface area contributed by atoms with Gasteiger partial charge in [0.25, 0.3) is 0 Å². The van der Waals surface area contributed by atoms with Crippen molar-refractivity contribution in [1.82, 2.24) is 14.3 Å². The summed E-state index contributed by atoms with van der Waals surface area (Å²) in [4.78, 5) is 18.6. The molecule has 1 aliphatic heterocycles. The van der Waals surface area contributed by atoms with E-state index in [4.69, 9.17) is 4.74 Å². The van der Waals surface area contributed by atoms with Gasteiger partial charge in [-0.05, 0) is 20.8 Å². The molecule has 0 aliphatic carbocycles. The first-order valence-electron chi connectivity index (χ1n) is 7.56. The van der Waals surface area contributed by atoms with Gasteiger partial charge in [-0.3, -0.25) is 5.32 Å². The number of nitrogens with one attached hydrogen (secondary N) is 1. The number of nitrogens with zero attached hydrogens (tertiary/aromatic N) is 3. The van der Waals surface area contributed by atoms with Crippen LogP contribution in [0.15, 0.2) is 30.3 Å². The van der Waals surface area contributed by atoms with Gasteiger partial charge in [-0.15, -0.1) is 0 Å². The third kappa shape index (κ3) is 3.86. The minimum atomic E-state index is -0.342. The number of amides is 2. The van der Waals surface area contributed by atoms with Gasteiger partial charge in [0.05, 0.1) is 18.2 Å². The molecule has 1 aliphatic rings. The van der Waals surface area contributed by atoms with Crippen LogP contribution in [0.5, 0.6) is 0 Å². The Bertz CT molecular complexity index is 686. The van der Waals surface area contributed by atoms with Crippen LogP contribution in [-0.4, -0.2) is 45.1 Å². The topological polar surface area (TPSA) is 67.4 Å². The van der Waals surface area contributed by atoms with Gasteiger partial charge in [-0.2, -0.15) is 9.36 Å². The molecule has 1 N–H and O–H groups in total. The monoisotopic (exact) mass is 332 g/mol. The molecule has 0 bridgehead atoms. The summed E-state index contributed by atoms with van der Waals surface area (Å²) in [5.74, 6) is 0.626. The fourth-order valence-corrected chi connectivity index (χ4v) is 3.34. The summed E-state index contributed by atoms with van der Waals surface area (Å²) in [5, 5.41) is 3.34. The molecule has 122 valence electrons. The zero-order valence-corrected chi connectivity index (χ0v) is 14.3. The summed E-state index contributed by atoms with van der Waals surface area (Å²) >= 11 is 1.19. The van der Waals surface area contributed by atoms with E-state index < -0.39 is 0 Å². The van der Waals surface area contributed by atoms with Crippen molar-refractivity contribution in [2.75, 3.05) is 18.4 Å². The standard InChI is InChI=1S/C16H20N4O2S/c1-11-9-20(10-16(2,3)22-11)15(21)18-14-17-13(19-23-14)12-7-5-4-6-8-12/h4-8,11H,9-10H2,1-3H3,(H,17,18,19,21). The highest BCUT2D eigenvalue weighted by Crippen LogP contribution is 2.23. The lowest BCUT2D eigenvalue weighted by molar-refractivity contribution is -0.116. The molecule has 2 aromatic rings. The van der Waals surface area contributed by atoms with Crippen molar-refractivity contribution in [2.24, 2.45) is 0 Å². The van der Waals surface area contributed by atoms with Gasteiger partial charge >= 0.3 is 6.03 Å². The largest absolute Gasteiger partial charge is 0.369 e. The second-order valence-corrected chi connectivity index (χ2v) is 7.04. The van der Waals surface area contributed by atoms with Crippen LogP contribution in [0, 0.1) is 0 Å². The van der Waals surface area contributed by atoms with E-state index in [9.17, 15) is 4.79 Å². The third-order valence-electron chi connectivity index (χ3n) is 3.53. The van der Waals surface area contributed by atoms with E-state index >= 15 is 0 Å². The molecule has 1 aromatic heterocycles. The zero-order valence-electron chi connectivity index (χ0n) is 13.4. The van der Waals surface area contributed by atoms with Crippen molar-refractivity contribution in [3.63, 3.8) is 0 Å². The lowest BCUT2D eigenvalue weighted by Crippen LogP contribution is -2.54. The molecule has 1 atom stereocenters. The van der Waals surface area contributed by atoms with E-state index in [2.05, 4.69) is 14.7 Å². The first-order valence-corrected chi connectivity index (χ1v) is 8.33. The average molecular weight is 332 g/mol. The van der Waals surface area contributed by atoms with E-state index in [0.717, 1.165) is 5.56 Å². The third-order valence-corrected chi connectivity index (χ3v) is 4.16. The molecule has 0 spiro atoms. The molecular weight excluding hydrogens is 312 g/mol. The normalized spacial score (nSPS) is 20.3. The predicted molar refractivity (Wildman–Crippen MR) is 90.6 cm³/mol. The van der Waals surface area contributed by atoms with Gasteiger partial charge in [-0.25, -0.2) is 4.79 Å². The van der Waals surface area contributed by atoms with Crippen LogP contribution >= 0.6 is 11.5 Å². The van der Waals surface area contributed by atoms with Crippen LogP contribution < -0.4 is 5.32 Å². The van der Waals surface area contributed by atoms with E-state index in [1.54, 1.807) is 4.90 Å². The first kappa shape index (κ1) is 15.9. The van der Waals surface area contributed by atoms with Crippen LogP contribution in [0.2, 0.25) is 0 Å². The number of hydrogen-bond donors (Lipinski definition) is 1. The Kier molecular flexibility index (Phi) is 4.32. The molecule has 3 rings (SSSR count). The molecular formula is C16H20N4O2S. The number of anilines is 1. The number of urea groups is 1. The van der Waals surface area contributed by atoms with Crippen molar-refractivity contribution >= 4 is 22.7 Å². The Labute approximate surface area is 139 Å². The van der Waals surface area contributed by atoms with E-state index in [-0.39, 0.29) is 17.7 Å². The highest BCUT2D eigenvalue weighted by molar-refractivity contribution is 7.10. The fraction of sp³-hybridized carbons (Fsp3) is 0.438. The summed E-state index contributed by atoms with van der Waals surface area (Å²) < 4.78 is 10.1. The predicted octanol–water partition coefficient (Wildman–Crippen LogP) is 3.24. The van der Waals surface area contributed by atoms with Gasteiger partial charge in [-0.1, -0.05) is 30.3 Å². The quantitative estimate of drug-likeness (QED) is 0.917. The van der Waals surface area contributed by atoms with Gasteiger partial charge in [0, 0.05) is 23.6 Å².